The van der Waals surface area contributed by atoms with E-state index >= 15 is 0 Å². The van der Waals surface area contributed by atoms with E-state index in [1.165, 1.54) is 32.1 Å². The molecule has 0 nitrogen and oxygen atoms in total. The Labute approximate surface area is 76.1 Å². The monoisotopic (exact) mass is 164 g/mol. The van der Waals surface area contributed by atoms with Crippen LogP contribution < -0.4 is 0 Å². The smallest absolute Gasteiger partial charge is 0.0317 e. The maximum absolute atomic E-state index is 2.41. The minimum atomic E-state index is 0.671. The lowest BCUT2D eigenvalue weighted by Gasteiger charge is -1.97. The van der Waals surface area contributed by atoms with Gasteiger partial charge in [0.25, 0.3) is 0 Å². The third-order valence-corrected chi connectivity index (χ3v) is 3.47. The van der Waals surface area contributed by atoms with Gasteiger partial charge in [-0.1, -0.05) is 26.0 Å². The van der Waals surface area contributed by atoms with Gasteiger partial charge in [-0.25, -0.2) is 0 Å². The lowest BCUT2D eigenvalue weighted by atomic mass is 10.1. The molecule has 2 saturated carbocycles. The molecule has 12 heavy (non-hydrogen) atoms. The summed E-state index contributed by atoms with van der Waals surface area (Å²) in [5, 5.41) is 0. The summed E-state index contributed by atoms with van der Waals surface area (Å²) in [4.78, 5) is 0. The van der Waals surface area contributed by atoms with E-state index in [0.29, 0.717) is 5.41 Å². The molecule has 0 N–H and O–H groups in total. The molecule has 0 heterocycles. The zero-order valence-electron chi connectivity index (χ0n) is 8.34. The van der Waals surface area contributed by atoms with Crippen LogP contribution >= 0.6 is 0 Å². The molecule has 0 aromatic carbocycles. The van der Waals surface area contributed by atoms with Gasteiger partial charge in [0.05, 0.1) is 0 Å². The van der Waals surface area contributed by atoms with Crippen molar-refractivity contribution in [3.63, 3.8) is 0 Å². The van der Waals surface area contributed by atoms with Crippen LogP contribution in [0.1, 0.15) is 46.0 Å². The van der Waals surface area contributed by atoms with Crippen LogP contribution in [0.3, 0.4) is 0 Å². The third-order valence-electron chi connectivity index (χ3n) is 3.47. The van der Waals surface area contributed by atoms with Gasteiger partial charge in [-0.2, -0.15) is 0 Å². The van der Waals surface area contributed by atoms with Crippen LogP contribution in [0.2, 0.25) is 0 Å². The molecule has 0 saturated heterocycles. The first-order valence-electron chi connectivity index (χ1n) is 5.33. The quantitative estimate of drug-likeness (QED) is 0.555. The van der Waals surface area contributed by atoms with Gasteiger partial charge in [0.15, 0.2) is 0 Å². The van der Waals surface area contributed by atoms with E-state index in [1.807, 2.05) is 0 Å². The van der Waals surface area contributed by atoms with E-state index < -0.39 is 0 Å². The van der Waals surface area contributed by atoms with Crippen molar-refractivity contribution in [2.24, 2.45) is 17.3 Å². The van der Waals surface area contributed by atoms with Crippen molar-refractivity contribution in [3.8, 4) is 0 Å². The summed E-state index contributed by atoms with van der Waals surface area (Å²) in [5.41, 5.74) is 0.671. The van der Waals surface area contributed by atoms with Crippen molar-refractivity contribution in [1.82, 2.24) is 0 Å². The number of hydrogen-bond acceptors (Lipinski definition) is 0. The highest BCUT2D eigenvalue weighted by Gasteiger charge is 2.44. The lowest BCUT2D eigenvalue weighted by molar-refractivity contribution is 0.562. The molecule has 1 unspecified atom stereocenters. The molecule has 0 spiro atoms. The van der Waals surface area contributed by atoms with E-state index in [4.69, 9.17) is 0 Å². The average Bonchev–Trinajstić information content (AvgIpc) is 2.84. The zero-order chi connectivity index (χ0) is 8.60. The summed E-state index contributed by atoms with van der Waals surface area (Å²) in [6.07, 6.45) is 11.9. The van der Waals surface area contributed by atoms with Gasteiger partial charge in [0.2, 0.25) is 0 Å². The number of hydrogen-bond donors (Lipinski definition) is 0. The molecule has 2 aliphatic rings. The van der Waals surface area contributed by atoms with Crippen molar-refractivity contribution in [2.45, 2.75) is 46.0 Å². The Morgan fingerprint density at radius 1 is 1.17 bits per heavy atom. The Bertz CT molecular complexity index is 184. The molecule has 0 radical (unpaired) electrons. The van der Waals surface area contributed by atoms with Crippen LogP contribution in [0, 0.1) is 17.3 Å². The molecule has 0 aliphatic heterocycles. The highest BCUT2D eigenvalue weighted by atomic mass is 14.5. The summed E-state index contributed by atoms with van der Waals surface area (Å²) in [6, 6.07) is 0. The summed E-state index contributed by atoms with van der Waals surface area (Å²) < 4.78 is 0. The SMILES string of the molecule is CC1(C)CC1CC=CCC1CC1. The van der Waals surface area contributed by atoms with E-state index in [2.05, 4.69) is 26.0 Å². The third kappa shape index (κ3) is 2.12. The van der Waals surface area contributed by atoms with Gasteiger partial charge in [-0.05, 0) is 49.4 Å². The molecule has 0 amide bonds. The largest absolute Gasteiger partial charge is 0.0883 e. The van der Waals surface area contributed by atoms with Gasteiger partial charge in [-0.15, -0.1) is 0 Å². The molecule has 2 rings (SSSR count). The minimum absolute atomic E-state index is 0.671. The van der Waals surface area contributed by atoms with Crippen molar-refractivity contribution in [2.75, 3.05) is 0 Å². The van der Waals surface area contributed by atoms with E-state index in [0.717, 1.165) is 11.8 Å². The Balaban J connectivity index is 1.59. The van der Waals surface area contributed by atoms with Gasteiger partial charge >= 0.3 is 0 Å². The van der Waals surface area contributed by atoms with E-state index in [-0.39, 0.29) is 0 Å². The van der Waals surface area contributed by atoms with Crippen molar-refractivity contribution >= 4 is 0 Å². The maximum atomic E-state index is 2.41. The molecule has 0 aromatic heterocycles. The van der Waals surface area contributed by atoms with Gasteiger partial charge < -0.3 is 0 Å². The van der Waals surface area contributed by atoms with Crippen LogP contribution in [0.15, 0.2) is 12.2 Å². The van der Waals surface area contributed by atoms with E-state index in [9.17, 15) is 0 Å². The topological polar surface area (TPSA) is 0 Å². The van der Waals surface area contributed by atoms with Crippen LogP contribution in [0.4, 0.5) is 0 Å². The second kappa shape index (κ2) is 2.90. The minimum Gasteiger partial charge on any atom is -0.0883 e. The first kappa shape index (κ1) is 8.34. The lowest BCUT2D eigenvalue weighted by Crippen LogP contribution is -1.87. The maximum Gasteiger partial charge on any atom is -0.0317 e. The van der Waals surface area contributed by atoms with Crippen LogP contribution in [-0.4, -0.2) is 0 Å². The van der Waals surface area contributed by atoms with Crippen molar-refractivity contribution < 1.29 is 0 Å². The standard InChI is InChI=1S/C12H20/c1-12(2)9-11(12)6-4-3-5-10-7-8-10/h3-4,10-11H,5-9H2,1-2H3. The Hall–Kier alpha value is -0.260. The molecule has 2 fully saturated rings. The van der Waals surface area contributed by atoms with Crippen LogP contribution in [0.25, 0.3) is 0 Å². The number of rotatable bonds is 4. The fraction of sp³-hybridized carbons (Fsp3) is 0.833. The first-order valence-corrected chi connectivity index (χ1v) is 5.33. The van der Waals surface area contributed by atoms with Gasteiger partial charge in [-0.3, -0.25) is 0 Å². The molecule has 2 aliphatic carbocycles. The molecule has 0 heteroatoms. The van der Waals surface area contributed by atoms with Crippen LogP contribution in [0.5, 0.6) is 0 Å². The Morgan fingerprint density at radius 2 is 1.75 bits per heavy atom. The summed E-state index contributed by atoms with van der Waals surface area (Å²) in [5.74, 6) is 2.06. The molecular formula is C12H20. The fourth-order valence-corrected chi connectivity index (χ4v) is 1.88. The first-order chi connectivity index (χ1) is 5.68. The molecular weight excluding hydrogens is 144 g/mol. The molecule has 0 aromatic rings. The van der Waals surface area contributed by atoms with Crippen LogP contribution in [-0.2, 0) is 0 Å². The average molecular weight is 164 g/mol. The van der Waals surface area contributed by atoms with Gasteiger partial charge in [0.1, 0.15) is 0 Å². The second-order valence-electron chi connectivity index (χ2n) is 5.28. The Morgan fingerprint density at radius 3 is 2.25 bits per heavy atom. The van der Waals surface area contributed by atoms with Crippen molar-refractivity contribution in [3.05, 3.63) is 12.2 Å². The summed E-state index contributed by atoms with van der Waals surface area (Å²) in [7, 11) is 0. The number of allylic oxidation sites excluding steroid dienone is 2. The summed E-state index contributed by atoms with van der Waals surface area (Å²) in [6.45, 7) is 4.76. The van der Waals surface area contributed by atoms with E-state index in [1.54, 1.807) is 0 Å². The fourth-order valence-electron chi connectivity index (χ4n) is 1.88. The normalized spacial score (nSPS) is 32.7. The second-order valence-corrected chi connectivity index (χ2v) is 5.28. The molecule has 1 atom stereocenters. The Kier molecular flexibility index (Phi) is 2.02. The highest BCUT2D eigenvalue weighted by Crippen LogP contribution is 2.53. The zero-order valence-corrected chi connectivity index (χ0v) is 8.34. The predicted octanol–water partition coefficient (Wildman–Crippen LogP) is 3.78. The summed E-state index contributed by atoms with van der Waals surface area (Å²) >= 11 is 0. The predicted molar refractivity (Wildman–Crippen MR) is 53.0 cm³/mol. The van der Waals surface area contributed by atoms with Crippen molar-refractivity contribution in [1.29, 1.82) is 0 Å². The molecule has 68 valence electrons. The molecule has 0 bridgehead atoms. The highest BCUT2D eigenvalue weighted by molar-refractivity contribution is 5.00. The van der Waals surface area contributed by atoms with Gasteiger partial charge in [0, 0.05) is 0 Å².